The Hall–Kier alpha value is -2.69. The summed E-state index contributed by atoms with van der Waals surface area (Å²) < 4.78 is 7.06. The number of nitrogens with zero attached hydrogens (tertiary/aromatic N) is 3. The minimum atomic E-state index is 0.584. The molecule has 5 nitrogen and oxygen atoms in total. The zero-order valence-corrected chi connectivity index (χ0v) is 11.2. The average molecular weight is 267 g/mol. The lowest BCUT2D eigenvalue weighted by atomic mass is 10.1. The van der Waals surface area contributed by atoms with Gasteiger partial charge in [-0.05, 0) is 12.1 Å². The maximum atomic E-state index is 11.2. The zero-order chi connectivity index (χ0) is 14.1. The SMILES string of the molecule is COc1cccc(-c2ncnc3c2c(C=O)cn3C)c1. The molecule has 0 aliphatic heterocycles. The van der Waals surface area contributed by atoms with Crippen molar-refractivity contribution in [2.45, 2.75) is 0 Å². The van der Waals surface area contributed by atoms with Crippen molar-refractivity contribution in [2.75, 3.05) is 7.11 Å². The van der Waals surface area contributed by atoms with E-state index >= 15 is 0 Å². The number of carbonyl (C=O) groups is 1. The van der Waals surface area contributed by atoms with Crippen molar-refractivity contribution < 1.29 is 9.53 Å². The molecule has 0 unspecified atom stereocenters. The van der Waals surface area contributed by atoms with Gasteiger partial charge in [-0.2, -0.15) is 0 Å². The van der Waals surface area contributed by atoms with Crippen LogP contribution in [0.2, 0.25) is 0 Å². The van der Waals surface area contributed by atoms with Gasteiger partial charge in [0.1, 0.15) is 17.7 Å². The number of methoxy groups -OCH3 is 1. The summed E-state index contributed by atoms with van der Waals surface area (Å²) in [6.45, 7) is 0. The number of aldehydes is 1. The van der Waals surface area contributed by atoms with Crippen molar-refractivity contribution >= 4 is 17.3 Å². The molecule has 2 heterocycles. The Labute approximate surface area is 115 Å². The fourth-order valence-electron chi connectivity index (χ4n) is 2.32. The molecule has 1 aromatic carbocycles. The van der Waals surface area contributed by atoms with Crippen LogP contribution >= 0.6 is 0 Å². The van der Waals surface area contributed by atoms with Gasteiger partial charge in [0, 0.05) is 24.4 Å². The van der Waals surface area contributed by atoms with Gasteiger partial charge < -0.3 is 9.30 Å². The molecule has 0 aliphatic carbocycles. The van der Waals surface area contributed by atoms with Crippen molar-refractivity contribution in [1.82, 2.24) is 14.5 Å². The Morgan fingerprint density at radius 2 is 2.15 bits per heavy atom. The smallest absolute Gasteiger partial charge is 0.152 e. The summed E-state index contributed by atoms with van der Waals surface area (Å²) in [5, 5.41) is 0.762. The van der Waals surface area contributed by atoms with E-state index in [1.807, 2.05) is 35.9 Å². The van der Waals surface area contributed by atoms with Crippen molar-refractivity contribution in [2.24, 2.45) is 7.05 Å². The third-order valence-corrected chi connectivity index (χ3v) is 3.25. The second-order valence-corrected chi connectivity index (χ2v) is 4.47. The normalized spacial score (nSPS) is 10.7. The fraction of sp³-hybridized carbons (Fsp3) is 0.133. The standard InChI is InChI=1S/C15H13N3O2/c1-18-7-11(8-19)13-14(16-9-17-15(13)18)10-4-3-5-12(6-10)20-2/h3-9H,1-2H3. The summed E-state index contributed by atoms with van der Waals surface area (Å²) in [7, 11) is 3.48. The molecule has 0 N–H and O–H groups in total. The Balaban J connectivity index is 2.32. The molecule has 0 atom stereocenters. The van der Waals surface area contributed by atoms with Crippen LogP contribution in [0.3, 0.4) is 0 Å². The number of hydrogen-bond donors (Lipinski definition) is 0. The molecule has 0 fully saturated rings. The molecule has 0 radical (unpaired) electrons. The van der Waals surface area contributed by atoms with E-state index in [1.54, 1.807) is 13.3 Å². The van der Waals surface area contributed by atoms with Gasteiger partial charge in [0.15, 0.2) is 6.29 Å². The lowest BCUT2D eigenvalue weighted by Crippen LogP contribution is -1.92. The number of aryl methyl sites for hydroxylation is 1. The third kappa shape index (κ3) is 1.84. The molecule has 20 heavy (non-hydrogen) atoms. The summed E-state index contributed by atoms with van der Waals surface area (Å²) in [6, 6.07) is 7.59. The molecule has 3 rings (SSSR count). The molecule has 0 bridgehead atoms. The van der Waals surface area contributed by atoms with E-state index in [1.165, 1.54) is 6.33 Å². The second kappa shape index (κ2) is 4.77. The molecule has 5 heteroatoms. The molecule has 3 aromatic rings. The quantitative estimate of drug-likeness (QED) is 0.684. The Bertz CT molecular complexity index is 793. The van der Waals surface area contributed by atoms with E-state index in [0.29, 0.717) is 5.56 Å². The first-order chi connectivity index (χ1) is 9.74. The summed E-state index contributed by atoms with van der Waals surface area (Å²) in [6.07, 6.45) is 4.09. The summed E-state index contributed by atoms with van der Waals surface area (Å²) in [4.78, 5) is 19.8. The van der Waals surface area contributed by atoms with Crippen molar-refractivity contribution in [3.63, 3.8) is 0 Å². The highest BCUT2D eigenvalue weighted by Crippen LogP contribution is 2.30. The topological polar surface area (TPSA) is 57.0 Å². The summed E-state index contributed by atoms with van der Waals surface area (Å²) in [5.41, 5.74) is 2.95. The fourth-order valence-corrected chi connectivity index (χ4v) is 2.32. The summed E-state index contributed by atoms with van der Waals surface area (Å²) >= 11 is 0. The number of carbonyl (C=O) groups excluding carboxylic acids is 1. The van der Waals surface area contributed by atoms with Gasteiger partial charge in [0.25, 0.3) is 0 Å². The molecule has 0 aliphatic rings. The largest absolute Gasteiger partial charge is 0.497 e. The Morgan fingerprint density at radius 3 is 2.90 bits per heavy atom. The van der Waals surface area contributed by atoms with E-state index in [9.17, 15) is 4.79 Å². The maximum Gasteiger partial charge on any atom is 0.152 e. The van der Waals surface area contributed by atoms with Crippen LogP contribution in [0.5, 0.6) is 5.75 Å². The first-order valence-corrected chi connectivity index (χ1v) is 6.14. The van der Waals surface area contributed by atoms with Crippen LogP contribution in [0.1, 0.15) is 10.4 Å². The third-order valence-electron chi connectivity index (χ3n) is 3.25. The van der Waals surface area contributed by atoms with Gasteiger partial charge in [-0.3, -0.25) is 4.79 Å². The highest BCUT2D eigenvalue weighted by Gasteiger charge is 2.14. The molecule has 100 valence electrons. The van der Waals surface area contributed by atoms with E-state index in [4.69, 9.17) is 4.74 Å². The molecule has 0 amide bonds. The van der Waals surface area contributed by atoms with Crippen LogP contribution in [-0.4, -0.2) is 27.9 Å². The lowest BCUT2D eigenvalue weighted by molar-refractivity contribution is 0.112. The van der Waals surface area contributed by atoms with Gasteiger partial charge in [-0.15, -0.1) is 0 Å². The number of fused-ring (bicyclic) bond motifs is 1. The van der Waals surface area contributed by atoms with E-state index in [2.05, 4.69) is 9.97 Å². The Kier molecular flexibility index (Phi) is 2.95. The average Bonchev–Trinajstić information content (AvgIpc) is 2.84. The first kappa shape index (κ1) is 12.3. The lowest BCUT2D eigenvalue weighted by Gasteiger charge is -2.05. The predicted octanol–water partition coefficient (Wildman–Crippen LogP) is 2.46. The molecule has 2 aromatic heterocycles. The van der Waals surface area contributed by atoms with Gasteiger partial charge >= 0.3 is 0 Å². The second-order valence-electron chi connectivity index (χ2n) is 4.47. The van der Waals surface area contributed by atoms with Gasteiger partial charge in [0.2, 0.25) is 0 Å². The number of benzene rings is 1. The number of rotatable bonds is 3. The number of ether oxygens (including phenoxy) is 1. The van der Waals surface area contributed by atoms with Crippen LogP contribution < -0.4 is 4.74 Å². The maximum absolute atomic E-state index is 11.2. The molecular weight excluding hydrogens is 254 g/mol. The van der Waals surface area contributed by atoms with E-state index in [-0.39, 0.29) is 0 Å². The summed E-state index contributed by atoms with van der Waals surface area (Å²) in [5.74, 6) is 0.748. The van der Waals surface area contributed by atoms with Crippen LogP contribution in [-0.2, 0) is 7.05 Å². The minimum Gasteiger partial charge on any atom is -0.497 e. The van der Waals surface area contributed by atoms with Crippen LogP contribution in [0.15, 0.2) is 36.8 Å². The number of hydrogen-bond acceptors (Lipinski definition) is 4. The van der Waals surface area contributed by atoms with Gasteiger partial charge in [0.05, 0.1) is 18.2 Å². The van der Waals surface area contributed by atoms with Crippen molar-refractivity contribution in [1.29, 1.82) is 0 Å². The van der Waals surface area contributed by atoms with E-state index in [0.717, 1.165) is 34.3 Å². The number of aromatic nitrogens is 3. The molecule has 0 spiro atoms. The van der Waals surface area contributed by atoms with Crippen LogP contribution in [0.25, 0.3) is 22.3 Å². The molecular formula is C15H13N3O2. The van der Waals surface area contributed by atoms with Crippen molar-refractivity contribution in [3.8, 4) is 17.0 Å². The van der Waals surface area contributed by atoms with Crippen LogP contribution in [0, 0.1) is 0 Å². The monoisotopic (exact) mass is 267 g/mol. The molecule has 0 saturated carbocycles. The Morgan fingerprint density at radius 1 is 1.30 bits per heavy atom. The van der Waals surface area contributed by atoms with Gasteiger partial charge in [-0.1, -0.05) is 12.1 Å². The highest BCUT2D eigenvalue weighted by atomic mass is 16.5. The minimum absolute atomic E-state index is 0.584. The van der Waals surface area contributed by atoms with Crippen molar-refractivity contribution in [3.05, 3.63) is 42.4 Å². The predicted molar refractivity (Wildman–Crippen MR) is 75.9 cm³/mol. The first-order valence-electron chi connectivity index (χ1n) is 6.14. The van der Waals surface area contributed by atoms with Crippen LogP contribution in [0.4, 0.5) is 0 Å². The van der Waals surface area contributed by atoms with Gasteiger partial charge in [-0.25, -0.2) is 9.97 Å². The molecule has 0 saturated heterocycles. The van der Waals surface area contributed by atoms with E-state index < -0.39 is 0 Å². The highest BCUT2D eigenvalue weighted by molar-refractivity contribution is 6.03. The zero-order valence-electron chi connectivity index (χ0n) is 11.2.